The summed E-state index contributed by atoms with van der Waals surface area (Å²) in [6.45, 7) is 9.10. The third kappa shape index (κ3) is 4.33. The van der Waals surface area contributed by atoms with Crippen LogP contribution in [0.5, 0.6) is 0 Å². The molecule has 0 bridgehead atoms. The van der Waals surface area contributed by atoms with Gasteiger partial charge >= 0.3 is 0 Å². The van der Waals surface area contributed by atoms with Gasteiger partial charge in [0.25, 0.3) is 0 Å². The largest absolute Gasteiger partial charge is 0.353 e. The van der Waals surface area contributed by atoms with E-state index in [1.165, 1.54) is 26.2 Å². The first-order chi connectivity index (χ1) is 13.6. The van der Waals surface area contributed by atoms with Crippen LogP contribution in [-0.2, 0) is 4.79 Å². The average Bonchev–Trinajstić information content (AvgIpc) is 2.68. The molecule has 1 aliphatic carbocycles. The molecule has 152 valence electrons. The van der Waals surface area contributed by atoms with Crippen LogP contribution in [0.3, 0.4) is 0 Å². The second-order valence-corrected chi connectivity index (χ2v) is 8.10. The summed E-state index contributed by atoms with van der Waals surface area (Å²) < 4.78 is 0. The van der Waals surface area contributed by atoms with Gasteiger partial charge in [-0.3, -0.25) is 19.4 Å². The topological polar surface area (TPSA) is 72.9 Å². The van der Waals surface area contributed by atoms with E-state index in [9.17, 15) is 9.59 Å². The summed E-state index contributed by atoms with van der Waals surface area (Å²) in [5.41, 5.74) is 0.394. The average molecular weight is 387 g/mol. The molecule has 0 atom stereocenters. The van der Waals surface area contributed by atoms with Crippen LogP contribution in [0, 0.1) is 0 Å². The molecule has 1 aromatic rings. The van der Waals surface area contributed by atoms with Crippen LogP contribution >= 0.6 is 0 Å². The molecule has 1 amide bonds. The van der Waals surface area contributed by atoms with Crippen LogP contribution in [0.2, 0.25) is 0 Å². The molecule has 2 aliphatic heterocycles. The number of rotatable bonds is 5. The Balaban J connectivity index is 1.21. The molecule has 2 saturated heterocycles. The highest BCUT2D eigenvalue weighted by Crippen LogP contribution is 2.25. The van der Waals surface area contributed by atoms with Crippen molar-refractivity contribution in [3.05, 3.63) is 17.8 Å². The lowest BCUT2D eigenvalue weighted by Crippen LogP contribution is -2.56. The first kappa shape index (κ1) is 19.3. The van der Waals surface area contributed by atoms with E-state index in [1.807, 2.05) is 11.0 Å². The highest BCUT2D eigenvalue weighted by molar-refractivity contribution is 5.91. The summed E-state index contributed by atoms with van der Waals surface area (Å²) in [5.74, 6) is 0.978. The first-order valence-electron chi connectivity index (χ1n) is 10.4. The summed E-state index contributed by atoms with van der Waals surface area (Å²) in [6, 6.07) is 4.36. The quantitative estimate of drug-likeness (QED) is 0.682. The molecule has 28 heavy (non-hydrogen) atoms. The monoisotopic (exact) mass is 386 g/mol. The van der Waals surface area contributed by atoms with E-state index in [0.29, 0.717) is 12.2 Å². The SMILES string of the molecule is CC(=O)c1ccc(N2CCN(CC(=O)N3CCN(C4CCC4)CC3)CC2)nn1. The van der Waals surface area contributed by atoms with E-state index in [2.05, 4.69) is 24.9 Å². The lowest BCUT2D eigenvalue weighted by atomic mass is 9.91. The van der Waals surface area contributed by atoms with Gasteiger partial charge in [0.1, 0.15) is 5.69 Å². The molecule has 0 aromatic carbocycles. The van der Waals surface area contributed by atoms with Gasteiger partial charge in [-0.2, -0.15) is 0 Å². The van der Waals surface area contributed by atoms with Crippen molar-refractivity contribution in [1.29, 1.82) is 0 Å². The second-order valence-electron chi connectivity index (χ2n) is 8.10. The van der Waals surface area contributed by atoms with Crippen molar-refractivity contribution in [2.24, 2.45) is 0 Å². The van der Waals surface area contributed by atoms with Crippen molar-refractivity contribution in [1.82, 2.24) is 24.9 Å². The lowest BCUT2D eigenvalue weighted by molar-refractivity contribution is -0.134. The van der Waals surface area contributed by atoms with Crippen LogP contribution in [0.15, 0.2) is 12.1 Å². The number of anilines is 1. The van der Waals surface area contributed by atoms with Gasteiger partial charge in [0.2, 0.25) is 5.91 Å². The second kappa shape index (κ2) is 8.53. The van der Waals surface area contributed by atoms with E-state index in [4.69, 9.17) is 0 Å². The summed E-state index contributed by atoms with van der Waals surface area (Å²) >= 11 is 0. The minimum absolute atomic E-state index is 0.0732. The van der Waals surface area contributed by atoms with Crippen LogP contribution in [0.4, 0.5) is 5.82 Å². The molecule has 0 radical (unpaired) electrons. The Morgan fingerprint density at radius 3 is 2.21 bits per heavy atom. The lowest BCUT2D eigenvalue weighted by Gasteiger charge is -2.43. The molecular formula is C20H30N6O2. The van der Waals surface area contributed by atoms with E-state index in [-0.39, 0.29) is 11.7 Å². The zero-order valence-corrected chi connectivity index (χ0v) is 16.7. The van der Waals surface area contributed by atoms with Gasteiger partial charge in [0.05, 0.1) is 6.54 Å². The van der Waals surface area contributed by atoms with Crippen LogP contribution in [0.1, 0.15) is 36.7 Å². The maximum Gasteiger partial charge on any atom is 0.236 e. The summed E-state index contributed by atoms with van der Waals surface area (Å²) in [6.07, 6.45) is 4.03. The van der Waals surface area contributed by atoms with Crippen molar-refractivity contribution in [2.45, 2.75) is 32.2 Å². The van der Waals surface area contributed by atoms with Crippen molar-refractivity contribution in [3.8, 4) is 0 Å². The Morgan fingerprint density at radius 1 is 0.964 bits per heavy atom. The van der Waals surface area contributed by atoms with Gasteiger partial charge in [-0.15, -0.1) is 10.2 Å². The van der Waals surface area contributed by atoms with Crippen molar-refractivity contribution in [3.63, 3.8) is 0 Å². The predicted molar refractivity (Wildman–Crippen MR) is 106 cm³/mol. The van der Waals surface area contributed by atoms with E-state index >= 15 is 0 Å². The fourth-order valence-electron chi connectivity index (χ4n) is 4.20. The molecule has 8 heteroatoms. The number of carbonyl (C=O) groups is 2. The van der Waals surface area contributed by atoms with Crippen molar-refractivity contribution < 1.29 is 9.59 Å². The number of Topliss-reactive ketones (excluding diaryl/α,β-unsaturated/α-hetero) is 1. The molecule has 8 nitrogen and oxygen atoms in total. The fraction of sp³-hybridized carbons (Fsp3) is 0.700. The Hall–Kier alpha value is -2.06. The molecule has 0 N–H and O–H groups in total. The third-order valence-electron chi connectivity index (χ3n) is 6.32. The number of ketones is 1. The number of piperazine rings is 2. The summed E-state index contributed by atoms with van der Waals surface area (Å²) in [5, 5.41) is 8.16. The molecule has 1 aromatic heterocycles. The number of aromatic nitrogens is 2. The zero-order valence-electron chi connectivity index (χ0n) is 16.7. The van der Waals surface area contributed by atoms with Gasteiger partial charge in [-0.1, -0.05) is 6.42 Å². The molecule has 0 spiro atoms. The smallest absolute Gasteiger partial charge is 0.236 e. The van der Waals surface area contributed by atoms with Gasteiger partial charge < -0.3 is 9.80 Å². The first-order valence-corrected chi connectivity index (χ1v) is 10.4. The number of amides is 1. The summed E-state index contributed by atoms with van der Waals surface area (Å²) in [4.78, 5) is 33.0. The molecular weight excluding hydrogens is 356 g/mol. The zero-order chi connectivity index (χ0) is 19.5. The van der Waals surface area contributed by atoms with Crippen molar-refractivity contribution in [2.75, 3.05) is 63.8 Å². The number of carbonyl (C=O) groups excluding carboxylic acids is 2. The Labute approximate surface area is 166 Å². The molecule has 3 heterocycles. The van der Waals surface area contributed by atoms with E-state index in [0.717, 1.165) is 64.2 Å². The Morgan fingerprint density at radius 2 is 1.68 bits per heavy atom. The van der Waals surface area contributed by atoms with E-state index in [1.54, 1.807) is 6.07 Å². The van der Waals surface area contributed by atoms with Crippen LogP contribution in [0.25, 0.3) is 0 Å². The molecule has 3 aliphatic rings. The molecule has 4 rings (SSSR count). The number of hydrogen-bond donors (Lipinski definition) is 0. The standard InChI is InChI=1S/C20H30N6O2/c1-16(27)18-5-6-19(22-21-18)25-9-7-23(8-10-25)15-20(28)26-13-11-24(12-14-26)17-3-2-4-17/h5-6,17H,2-4,7-15H2,1H3. The normalized spacial score (nSPS) is 22.2. The van der Waals surface area contributed by atoms with Gasteiger partial charge in [0, 0.05) is 65.3 Å². The van der Waals surface area contributed by atoms with Crippen LogP contribution < -0.4 is 4.90 Å². The Kier molecular flexibility index (Phi) is 5.87. The van der Waals surface area contributed by atoms with Gasteiger partial charge in [-0.05, 0) is 25.0 Å². The predicted octanol–water partition coefficient (Wildman–Crippen LogP) is 0.498. The van der Waals surface area contributed by atoms with Gasteiger partial charge in [0.15, 0.2) is 11.6 Å². The summed E-state index contributed by atoms with van der Waals surface area (Å²) in [7, 11) is 0. The maximum atomic E-state index is 12.7. The maximum absolute atomic E-state index is 12.7. The highest BCUT2D eigenvalue weighted by Gasteiger charge is 2.30. The number of nitrogens with zero attached hydrogens (tertiary/aromatic N) is 6. The van der Waals surface area contributed by atoms with Gasteiger partial charge in [-0.25, -0.2) is 0 Å². The highest BCUT2D eigenvalue weighted by atomic mass is 16.2. The number of hydrogen-bond acceptors (Lipinski definition) is 7. The van der Waals surface area contributed by atoms with Crippen molar-refractivity contribution >= 4 is 17.5 Å². The minimum Gasteiger partial charge on any atom is -0.353 e. The molecule has 1 saturated carbocycles. The Bertz CT molecular complexity index is 689. The third-order valence-corrected chi connectivity index (χ3v) is 6.32. The molecule has 0 unspecified atom stereocenters. The minimum atomic E-state index is -0.0732. The fourth-order valence-corrected chi connectivity index (χ4v) is 4.20. The molecule has 3 fully saturated rings. The van der Waals surface area contributed by atoms with E-state index < -0.39 is 0 Å². The van der Waals surface area contributed by atoms with Crippen LogP contribution in [-0.4, -0.2) is 102 Å².